The van der Waals surface area contributed by atoms with Gasteiger partial charge in [-0.05, 0) is 19.4 Å². The number of rotatable bonds is 7. The number of pyridine rings is 1. The first kappa shape index (κ1) is 15.4. The number of halogens is 1. The summed E-state index contributed by atoms with van der Waals surface area (Å²) < 4.78 is 13.3. The van der Waals surface area contributed by atoms with E-state index in [0.29, 0.717) is 18.9 Å². The van der Waals surface area contributed by atoms with Crippen molar-refractivity contribution in [2.24, 2.45) is 0 Å². The van der Waals surface area contributed by atoms with Crippen LogP contribution in [0.1, 0.15) is 30.6 Å². The van der Waals surface area contributed by atoms with Gasteiger partial charge in [0.1, 0.15) is 11.6 Å². The summed E-state index contributed by atoms with van der Waals surface area (Å²) in [7, 11) is 0. The summed E-state index contributed by atoms with van der Waals surface area (Å²) in [5.41, 5.74) is 0.198. The molecule has 5 nitrogen and oxygen atoms in total. The molecule has 2 N–H and O–H groups in total. The standard InChI is InChI=1S/C13H20FN3O2/c1-3-5-15-12-11(8-10(14)9-16-12)13(19)17(4-2)6-7-18/h8-9,18H,3-7H2,1-2H3,(H,15,16). The van der Waals surface area contributed by atoms with Crippen LogP contribution in [0.4, 0.5) is 10.2 Å². The average molecular weight is 269 g/mol. The molecule has 1 amide bonds. The molecule has 1 aromatic rings. The lowest BCUT2D eigenvalue weighted by Gasteiger charge is -2.21. The number of aromatic nitrogens is 1. The smallest absolute Gasteiger partial charge is 0.257 e. The summed E-state index contributed by atoms with van der Waals surface area (Å²) in [5.74, 6) is -0.503. The first-order valence-corrected chi connectivity index (χ1v) is 6.43. The van der Waals surface area contributed by atoms with Gasteiger partial charge in [0.15, 0.2) is 0 Å². The van der Waals surface area contributed by atoms with E-state index in [1.165, 1.54) is 11.0 Å². The highest BCUT2D eigenvalue weighted by Crippen LogP contribution is 2.16. The van der Waals surface area contributed by atoms with E-state index in [0.717, 1.165) is 12.6 Å². The van der Waals surface area contributed by atoms with Crippen LogP contribution in [0, 0.1) is 5.82 Å². The summed E-state index contributed by atoms with van der Waals surface area (Å²) in [6.45, 7) is 4.99. The summed E-state index contributed by atoms with van der Waals surface area (Å²) in [6.07, 6.45) is 1.96. The predicted molar refractivity (Wildman–Crippen MR) is 71.6 cm³/mol. The van der Waals surface area contributed by atoms with Gasteiger partial charge in [-0.1, -0.05) is 6.92 Å². The van der Waals surface area contributed by atoms with Crippen LogP contribution in [0.3, 0.4) is 0 Å². The Bertz CT molecular complexity index is 426. The number of hydrogen-bond acceptors (Lipinski definition) is 4. The van der Waals surface area contributed by atoms with Gasteiger partial charge < -0.3 is 15.3 Å². The number of anilines is 1. The molecule has 19 heavy (non-hydrogen) atoms. The average Bonchev–Trinajstić information content (AvgIpc) is 2.42. The molecule has 6 heteroatoms. The third-order valence-corrected chi connectivity index (χ3v) is 2.67. The van der Waals surface area contributed by atoms with Crippen LogP contribution in [0.15, 0.2) is 12.3 Å². The molecule has 0 saturated carbocycles. The highest BCUT2D eigenvalue weighted by Gasteiger charge is 2.19. The Kier molecular flexibility index (Phi) is 6.21. The summed E-state index contributed by atoms with van der Waals surface area (Å²) >= 11 is 0. The normalized spacial score (nSPS) is 10.3. The molecule has 0 bridgehead atoms. The van der Waals surface area contributed by atoms with E-state index in [1.54, 1.807) is 6.92 Å². The molecule has 0 saturated heterocycles. The van der Waals surface area contributed by atoms with Crippen LogP contribution in [0.5, 0.6) is 0 Å². The first-order chi connectivity index (χ1) is 9.13. The molecule has 1 heterocycles. The molecule has 1 aromatic heterocycles. The van der Waals surface area contributed by atoms with Crippen LogP contribution in [-0.2, 0) is 0 Å². The molecular weight excluding hydrogens is 249 g/mol. The number of likely N-dealkylation sites (N-methyl/N-ethyl adjacent to an activating group) is 1. The molecule has 1 rings (SSSR count). The lowest BCUT2D eigenvalue weighted by Crippen LogP contribution is -2.34. The Labute approximate surface area is 112 Å². The maximum Gasteiger partial charge on any atom is 0.257 e. The molecule has 0 unspecified atom stereocenters. The SMILES string of the molecule is CCCNc1ncc(F)cc1C(=O)N(CC)CCO. The quantitative estimate of drug-likeness (QED) is 0.787. The van der Waals surface area contributed by atoms with Gasteiger partial charge in [0.2, 0.25) is 0 Å². The molecule has 0 aliphatic rings. The fraction of sp³-hybridized carbons (Fsp3) is 0.538. The zero-order chi connectivity index (χ0) is 14.3. The molecular formula is C13H20FN3O2. The van der Waals surface area contributed by atoms with E-state index < -0.39 is 5.82 Å². The largest absolute Gasteiger partial charge is 0.395 e. The molecule has 0 fully saturated rings. The van der Waals surface area contributed by atoms with Gasteiger partial charge in [-0.2, -0.15) is 0 Å². The molecule has 0 aliphatic heterocycles. The van der Waals surface area contributed by atoms with Crippen LogP contribution in [0.2, 0.25) is 0 Å². The Morgan fingerprint density at radius 3 is 2.84 bits per heavy atom. The van der Waals surface area contributed by atoms with Crippen LogP contribution < -0.4 is 5.32 Å². The highest BCUT2D eigenvalue weighted by atomic mass is 19.1. The Morgan fingerprint density at radius 1 is 1.53 bits per heavy atom. The Morgan fingerprint density at radius 2 is 2.26 bits per heavy atom. The number of carbonyl (C=O) groups is 1. The van der Waals surface area contributed by atoms with Crippen LogP contribution >= 0.6 is 0 Å². The number of aliphatic hydroxyl groups is 1. The fourth-order valence-electron chi connectivity index (χ4n) is 1.68. The molecule has 0 radical (unpaired) electrons. The van der Waals surface area contributed by atoms with Gasteiger partial charge in [0.05, 0.1) is 18.4 Å². The third kappa shape index (κ3) is 4.17. The van der Waals surface area contributed by atoms with Gasteiger partial charge in [0.25, 0.3) is 5.91 Å². The number of carbonyl (C=O) groups excluding carboxylic acids is 1. The Balaban J connectivity index is 3.01. The number of hydrogen-bond donors (Lipinski definition) is 2. The van der Waals surface area contributed by atoms with Crippen molar-refractivity contribution in [3.63, 3.8) is 0 Å². The van der Waals surface area contributed by atoms with Gasteiger partial charge >= 0.3 is 0 Å². The van der Waals surface area contributed by atoms with Gasteiger partial charge in [0, 0.05) is 19.6 Å². The van der Waals surface area contributed by atoms with E-state index in [2.05, 4.69) is 10.3 Å². The molecule has 0 spiro atoms. The topological polar surface area (TPSA) is 65.5 Å². The van der Waals surface area contributed by atoms with Crippen LogP contribution in [-0.4, -0.2) is 47.1 Å². The van der Waals surface area contributed by atoms with E-state index in [4.69, 9.17) is 5.11 Å². The van der Waals surface area contributed by atoms with Crippen LogP contribution in [0.25, 0.3) is 0 Å². The summed E-state index contributed by atoms with van der Waals surface area (Å²) in [6, 6.07) is 1.17. The molecule has 0 atom stereocenters. The second-order valence-electron chi connectivity index (χ2n) is 4.08. The highest BCUT2D eigenvalue weighted by molar-refractivity contribution is 5.98. The Hall–Kier alpha value is -1.69. The van der Waals surface area contributed by atoms with Crippen molar-refractivity contribution in [3.05, 3.63) is 23.6 Å². The van der Waals surface area contributed by atoms with E-state index >= 15 is 0 Å². The summed E-state index contributed by atoms with van der Waals surface area (Å²) in [4.78, 5) is 17.6. The van der Waals surface area contributed by atoms with Gasteiger partial charge in [-0.3, -0.25) is 4.79 Å². The van der Waals surface area contributed by atoms with E-state index in [9.17, 15) is 9.18 Å². The number of amides is 1. The van der Waals surface area contributed by atoms with Crippen molar-refractivity contribution in [1.29, 1.82) is 0 Å². The molecule has 0 aromatic carbocycles. The lowest BCUT2D eigenvalue weighted by atomic mass is 10.2. The lowest BCUT2D eigenvalue weighted by molar-refractivity contribution is 0.0732. The third-order valence-electron chi connectivity index (χ3n) is 2.67. The first-order valence-electron chi connectivity index (χ1n) is 6.43. The van der Waals surface area contributed by atoms with Crippen molar-refractivity contribution in [1.82, 2.24) is 9.88 Å². The van der Waals surface area contributed by atoms with Gasteiger partial charge in [-0.15, -0.1) is 0 Å². The minimum Gasteiger partial charge on any atom is -0.395 e. The number of nitrogens with zero attached hydrogens (tertiary/aromatic N) is 2. The van der Waals surface area contributed by atoms with Crippen molar-refractivity contribution >= 4 is 11.7 Å². The molecule has 0 aliphatic carbocycles. The maximum atomic E-state index is 13.3. The zero-order valence-electron chi connectivity index (χ0n) is 11.3. The zero-order valence-corrected chi connectivity index (χ0v) is 11.3. The maximum absolute atomic E-state index is 13.3. The van der Waals surface area contributed by atoms with E-state index in [1.807, 2.05) is 6.92 Å². The van der Waals surface area contributed by atoms with Crippen molar-refractivity contribution < 1.29 is 14.3 Å². The van der Waals surface area contributed by atoms with Crippen molar-refractivity contribution in [2.75, 3.05) is 31.6 Å². The predicted octanol–water partition coefficient (Wildman–Crippen LogP) is 1.50. The number of aliphatic hydroxyl groups excluding tert-OH is 1. The fourth-order valence-corrected chi connectivity index (χ4v) is 1.68. The van der Waals surface area contributed by atoms with E-state index in [-0.39, 0.29) is 24.6 Å². The minimum atomic E-state index is -0.551. The second-order valence-corrected chi connectivity index (χ2v) is 4.08. The van der Waals surface area contributed by atoms with Gasteiger partial charge in [-0.25, -0.2) is 9.37 Å². The van der Waals surface area contributed by atoms with Crippen molar-refractivity contribution in [3.8, 4) is 0 Å². The monoisotopic (exact) mass is 269 g/mol. The van der Waals surface area contributed by atoms with Crippen molar-refractivity contribution in [2.45, 2.75) is 20.3 Å². The summed E-state index contributed by atoms with van der Waals surface area (Å²) in [5, 5.41) is 11.9. The molecule has 106 valence electrons. The minimum absolute atomic E-state index is 0.125. The second kappa shape index (κ2) is 7.68. The number of nitrogens with one attached hydrogen (secondary N) is 1.